The predicted octanol–water partition coefficient (Wildman–Crippen LogP) is 1.35. The van der Waals surface area contributed by atoms with Crippen LogP contribution in [-0.2, 0) is 21.2 Å². The zero-order chi connectivity index (χ0) is 19.7. The van der Waals surface area contributed by atoms with Crippen LogP contribution in [0.4, 0.5) is 0 Å². The van der Waals surface area contributed by atoms with Crippen LogP contribution in [0, 0.1) is 0 Å². The lowest BCUT2D eigenvalue weighted by atomic mass is 10.1. The molecular formula is C18H21ClN2O5S. The predicted molar refractivity (Wildman–Crippen MR) is 102 cm³/mol. The first-order valence-electron chi connectivity index (χ1n) is 8.25. The fraction of sp³-hybridized carbons (Fsp3) is 0.278. The Kier molecular flexibility index (Phi) is 8.05. The maximum absolute atomic E-state index is 12.2. The Morgan fingerprint density at radius 2 is 1.70 bits per heavy atom. The van der Waals surface area contributed by atoms with Gasteiger partial charge in [-0.15, -0.1) is 0 Å². The van der Waals surface area contributed by atoms with Gasteiger partial charge in [0, 0.05) is 18.1 Å². The highest BCUT2D eigenvalue weighted by Crippen LogP contribution is 2.15. The number of aliphatic hydroxyl groups is 1. The number of sulfonamides is 1. The molecular weight excluding hydrogens is 392 g/mol. The number of carbonyl (C=O) groups is 1. The maximum atomic E-state index is 12.2. The van der Waals surface area contributed by atoms with E-state index in [9.17, 15) is 13.2 Å². The number of aliphatic hydroxyl groups excluding tert-OH is 1. The topological polar surface area (TPSA) is 105 Å². The minimum atomic E-state index is -3.58. The van der Waals surface area contributed by atoms with Gasteiger partial charge in [-0.3, -0.25) is 4.79 Å². The smallest absolute Gasteiger partial charge is 0.258 e. The second-order valence-corrected chi connectivity index (χ2v) is 7.81. The number of benzene rings is 2. The van der Waals surface area contributed by atoms with E-state index in [4.69, 9.17) is 21.4 Å². The first-order chi connectivity index (χ1) is 12.9. The van der Waals surface area contributed by atoms with E-state index in [1.165, 1.54) is 24.3 Å². The Morgan fingerprint density at radius 3 is 2.33 bits per heavy atom. The van der Waals surface area contributed by atoms with Gasteiger partial charge in [-0.25, -0.2) is 13.1 Å². The van der Waals surface area contributed by atoms with Crippen LogP contribution in [0.25, 0.3) is 0 Å². The Morgan fingerprint density at radius 1 is 1.04 bits per heavy atom. The monoisotopic (exact) mass is 412 g/mol. The van der Waals surface area contributed by atoms with Crippen molar-refractivity contribution < 1.29 is 23.1 Å². The third-order valence-electron chi connectivity index (χ3n) is 3.56. The number of rotatable bonds is 10. The van der Waals surface area contributed by atoms with E-state index >= 15 is 0 Å². The van der Waals surface area contributed by atoms with Crippen LogP contribution in [0.2, 0.25) is 5.02 Å². The first-order valence-corrected chi connectivity index (χ1v) is 10.1. The summed E-state index contributed by atoms with van der Waals surface area (Å²) >= 11 is 5.76. The number of hydrogen-bond acceptors (Lipinski definition) is 5. The van der Waals surface area contributed by atoms with Gasteiger partial charge in [0.2, 0.25) is 10.0 Å². The molecule has 3 N–H and O–H groups in total. The molecule has 0 saturated heterocycles. The lowest BCUT2D eigenvalue weighted by Crippen LogP contribution is -2.31. The Bertz CT molecular complexity index is 839. The largest absolute Gasteiger partial charge is 0.484 e. The third-order valence-corrected chi connectivity index (χ3v) is 5.29. The molecule has 0 unspecified atom stereocenters. The molecule has 0 aliphatic carbocycles. The zero-order valence-corrected chi connectivity index (χ0v) is 16.1. The normalized spacial score (nSPS) is 11.2. The highest BCUT2D eigenvalue weighted by Gasteiger charge is 2.12. The molecule has 27 heavy (non-hydrogen) atoms. The lowest BCUT2D eigenvalue weighted by Gasteiger charge is -2.09. The molecule has 0 aliphatic rings. The average molecular weight is 413 g/mol. The second kappa shape index (κ2) is 10.3. The van der Waals surface area contributed by atoms with Gasteiger partial charge in [0.15, 0.2) is 6.61 Å². The molecule has 0 atom stereocenters. The van der Waals surface area contributed by atoms with E-state index in [2.05, 4.69) is 10.0 Å². The molecule has 2 aromatic carbocycles. The van der Waals surface area contributed by atoms with Crippen LogP contribution < -0.4 is 14.8 Å². The van der Waals surface area contributed by atoms with Gasteiger partial charge in [-0.05, 0) is 48.4 Å². The standard InChI is InChI=1S/C18H21ClN2O5S/c19-15-3-7-17(8-4-15)27(24,25)21-10-9-14-1-5-16(6-2-14)26-13-18(23)20-11-12-22/h1-8,21-22H,9-13H2,(H,20,23). The molecule has 9 heteroatoms. The molecule has 0 heterocycles. The zero-order valence-electron chi connectivity index (χ0n) is 14.5. The minimum Gasteiger partial charge on any atom is -0.484 e. The van der Waals surface area contributed by atoms with E-state index in [0.717, 1.165) is 5.56 Å². The fourth-order valence-corrected chi connectivity index (χ4v) is 3.33. The van der Waals surface area contributed by atoms with Crippen molar-refractivity contribution in [2.24, 2.45) is 0 Å². The first kappa shape index (κ1) is 21.2. The molecule has 0 saturated carbocycles. The summed E-state index contributed by atoms with van der Waals surface area (Å²) in [5.41, 5.74) is 0.922. The van der Waals surface area contributed by atoms with Crippen LogP contribution in [0.15, 0.2) is 53.4 Å². The molecule has 0 aliphatic heterocycles. The molecule has 0 fully saturated rings. The minimum absolute atomic E-state index is 0.123. The van der Waals surface area contributed by atoms with Crippen molar-refractivity contribution in [2.75, 3.05) is 26.3 Å². The SMILES string of the molecule is O=C(COc1ccc(CCNS(=O)(=O)c2ccc(Cl)cc2)cc1)NCCO. The Hall–Kier alpha value is -2.13. The van der Waals surface area contributed by atoms with Gasteiger partial charge >= 0.3 is 0 Å². The number of ether oxygens (including phenoxy) is 1. The molecule has 2 aromatic rings. The Balaban J connectivity index is 1.79. The van der Waals surface area contributed by atoms with Crippen LogP contribution in [0.1, 0.15) is 5.56 Å². The maximum Gasteiger partial charge on any atom is 0.258 e. The van der Waals surface area contributed by atoms with Crippen molar-refractivity contribution in [1.29, 1.82) is 0 Å². The summed E-state index contributed by atoms with van der Waals surface area (Å²) in [4.78, 5) is 11.6. The van der Waals surface area contributed by atoms with Gasteiger partial charge in [0.05, 0.1) is 11.5 Å². The number of nitrogens with one attached hydrogen (secondary N) is 2. The second-order valence-electron chi connectivity index (χ2n) is 5.61. The van der Waals surface area contributed by atoms with Crippen molar-refractivity contribution in [2.45, 2.75) is 11.3 Å². The summed E-state index contributed by atoms with van der Waals surface area (Å²) in [7, 11) is -3.58. The van der Waals surface area contributed by atoms with E-state index in [0.29, 0.717) is 17.2 Å². The van der Waals surface area contributed by atoms with Gasteiger partial charge in [-0.1, -0.05) is 23.7 Å². The van der Waals surface area contributed by atoms with E-state index in [-0.39, 0.29) is 37.1 Å². The summed E-state index contributed by atoms with van der Waals surface area (Å²) < 4.78 is 32.2. The van der Waals surface area contributed by atoms with Gasteiger partial charge in [0.25, 0.3) is 5.91 Å². The summed E-state index contributed by atoms with van der Waals surface area (Å²) in [6.45, 7) is 0.171. The molecule has 0 aromatic heterocycles. The summed E-state index contributed by atoms with van der Waals surface area (Å²) in [5, 5.41) is 11.6. The fourth-order valence-electron chi connectivity index (χ4n) is 2.17. The number of hydrogen-bond donors (Lipinski definition) is 3. The molecule has 7 nitrogen and oxygen atoms in total. The van der Waals surface area contributed by atoms with Crippen molar-refractivity contribution in [3.05, 3.63) is 59.1 Å². The van der Waals surface area contributed by atoms with Gasteiger partial charge in [0.1, 0.15) is 5.75 Å². The summed E-state index contributed by atoms with van der Waals surface area (Å²) in [6, 6.07) is 13.0. The third kappa shape index (κ3) is 7.18. The van der Waals surface area contributed by atoms with Crippen molar-refractivity contribution in [3.8, 4) is 5.75 Å². The highest BCUT2D eigenvalue weighted by atomic mass is 35.5. The highest BCUT2D eigenvalue weighted by molar-refractivity contribution is 7.89. The molecule has 146 valence electrons. The van der Waals surface area contributed by atoms with E-state index in [1.54, 1.807) is 24.3 Å². The number of carbonyl (C=O) groups excluding carboxylic acids is 1. The van der Waals surface area contributed by atoms with Gasteiger partial charge in [-0.2, -0.15) is 0 Å². The van der Waals surface area contributed by atoms with Crippen molar-refractivity contribution in [1.82, 2.24) is 10.0 Å². The van der Waals surface area contributed by atoms with Crippen molar-refractivity contribution >= 4 is 27.5 Å². The molecule has 1 amide bonds. The van der Waals surface area contributed by atoms with Crippen LogP contribution in [0.3, 0.4) is 0 Å². The van der Waals surface area contributed by atoms with Crippen LogP contribution in [-0.4, -0.2) is 45.7 Å². The molecule has 0 bridgehead atoms. The van der Waals surface area contributed by atoms with Gasteiger partial charge < -0.3 is 15.2 Å². The van der Waals surface area contributed by atoms with Crippen molar-refractivity contribution in [3.63, 3.8) is 0 Å². The van der Waals surface area contributed by atoms with E-state index < -0.39 is 10.0 Å². The Labute approximate surface area is 163 Å². The average Bonchev–Trinajstić information content (AvgIpc) is 2.66. The number of amides is 1. The lowest BCUT2D eigenvalue weighted by molar-refractivity contribution is -0.123. The van der Waals surface area contributed by atoms with E-state index in [1.807, 2.05) is 0 Å². The summed E-state index contributed by atoms with van der Waals surface area (Å²) in [5.74, 6) is 0.212. The quantitative estimate of drug-likeness (QED) is 0.546. The summed E-state index contributed by atoms with van der Waals surface area (Å²) in [6.07, 6.45) is 0.504. The molecule has 2 rings (SSSR count). The number of halogens is 1. The molecule has 0 spiro atoms. The molecule has 0 radical (unpaired) electrons. The van der Waals surface area contributed by atoms with Crippen LogP contribution >= 0.6 is 11.6 Å². The van der Waals surface area contributed by atoms with Crippen LogP contribution in [0.5, 0.6) is 5.75 Å².